The first-order valence-electron chi connectivity index (χ1n) is 10.9. The van der Waals surface area contributed by atoms with Gasteiger partial charge in [0.2, 0.25) is 0 Å². The van der Waals surface area contributed by atoms with Crippen molar-refractivity contribution in [3.8, 4) is 5.75 Å². The van der Waals surface area contributed by atoms with Crippen LogP contribution in [0.25, 0.3) is 0 Å². The number of aliphatic imine (C=N–C) groups is 1. The second kappa shape index (κ2) is 8.51. The molecule has 8 nitrogen and oxygen atoms in total. The number of nitrogens with zero attached hydrogens (tertiary/aromatic N) is 3. The van der Waals surface area contributed by atoms with Crippen LogP contribution in [-0.4, -0.2) is 44.1 Å². The molecule has 35 heavy (non-hydrogen) atoms. The topological polar surface area (TPSA) is 119 Å². The van der Waals surface area contributed by atoms with Gasteiger partial charge in [0.1, 0.15) is 33.4 Å². The third-order valence-electron chi connectivity index (χ3n) is 6.65. The normalized spacial score (nSPS) is 27.1. The van der Waals surface area contributed by atoms with E-state index in [1.54, 1.807) is 20.8 Å². The van der Waals surface area contributed by atoms with Crippen molar-refractivity contribution in [2.45, 2.75) is 56.3 Å². The number of anilines is 1. The maximum absolute atomic E-state index is 15.1. The Bertz CT molecular complexity index is 1350. The first kappa shape index (κ1) is 25.0. The molecule has 188 valence electrons. The van der Waals surface area contributed by atoms with Gasteiger partial charge < -0.3 is 15.8 Å². The Balaban J connectivity index is 1.69. The lowest BCUT2D eigenvalue weighted by Gasteiger charge is -2.44. The van der Waals surface area contributed by atoms with Crippen LogP contribution in [0.4, 0.5) is 18.9 Å². The van der Waals surface area contributed by atoms with Gasteiger partial charge in [-0.05, 0) is 63.9 Å². The zero-order chi connectivity index (χ0) is 25.8. The van der Waals surface area contributed by atoms with Crippen molar-refractivity contribution in [3.05, 3.63) is 53.1 Å². The van der Waals surface area contributed by atoms with Crippen LogP contribution < -0.4 is 15.8 Å². The summed E-state index contributed by atoms with van der Waals surface area (Å²) < 4.78 is 61.7. The lowest BCUT2D eigenvalue weighted by Crippen LogP contribution is -2.58. The van der Waals surface area contributed by atoms with Crippen molar-refractivity contribution in [3.63, 3.8) is 0 Å². The molecule has 2 aliphatic rings. The van der Waals surface area contributed by atoms with Crippen molar-refractivity contribution in [2.75, 3.05) is 11.9 Å². The molecule has 1 aromatic carbocycles. The lowest BCUT2D eigenvalue weighted by molar-refractivity contribution is -0.0501. The molecule has 3 N–H and O–H groups in total. The molecule has 0 spiro atoms. The number of aryl methyl sites for hydroxylation is 1. The van der Waals surface area contributed by atoms with E-state index >= 15 is 4.39 Å². The third-order valence-corrected chi connectivity index (χ3v) is 10.4. The molecule has 0 radical (unpaired) electrons. The van der Waals surface area contributed by atoms with Crippen molar-refractivity contribution >= 4 is 27.2 Å². The molecule has 0 saturated heterocycles. The fourth-order valence-electron chi connectivity index (χ4n) is 4.64. The van der Waals surface area contributed by atoms with E-state index in [2.05, 4.69) is 24.4 Å². The number of alkyl halides is 2. The fraction of sp³-hybridized carbons (Fsp3) is 0.435. The molecule has 2 aromatic rings. The first-order valence-corrected chi connectivity index (χ1v) is 12.5. The SMILES string of the molecule is Cc1cc(OC(F)F)cnc1C(=O)Nc1ccc(F)c([C@@]2(C)N=C(N)C(C)(C)S3(=O)=NCC[C@@H]23)c1. The van der Waals surface area contributed by atoms with Gasteiger partial charge in [0, 0.05) is 17.8 Å². The van der Waals surface area contributed by atoms with Gasteiger partial charge in [0.25, 0.3) is 5.91 Å². The van der Waals surface area contributed by atoms with E-state index in [1.807, 2.05) is 0 Å². The van der Waals surface area contributed by atoms with E-state index < -0.39 is 43.6 Å². The summed E-state index contributed by atoms with van der Waals surface area (Å²) in [4.78, 5) is 21.4. The number of amides is 1. The molecule has 3 heterocycles. The smallest absolute Gasteiger partial charge is 0.387 e. The zero-order valence-corrected chi connectivity index (χ0v) is 20.5. The van der Waals surface area contributed by atoms with Crippen LogP contribution in [0, 0.1) is 12.7 Å². The highest BCUT2D eigenvalue weighted by atomic mass is 32.2. The minimum atomic E-state index is -3.01. The Morgan fingerprint density at radius 1 is 1.29 bits per heavy atom. The number of hydrogen-bond donors (Lipinski definition) is 2. The van der Waals surface area contributed by atoms with E-state index in [9.17, 15) is 17.8 Å². The van der Waals surface area contributed by atoms with Crippen LogP contribution in [-0.2, 0) is 15.3 Å². The highest BCUT2D eigenvalue weighted by Gasteiger charge is 2.56. The molecule has 1 aromatic heterocycles. The monoisotopic (exact) mass is 509 g/mol. The predicted molar refractivity (Wildman–Crippen MR) is 127 cm³/mol. The zero-order valence-electron chi connectivity index (χ0n) is 19.6. The second-order valence-corrected chi connectivity index (χ2v) is 12.2. The van der Waals surface area contributed by atoms with Gasteiger partial charge in [0.05, 0.1) is 21.2 Å². The maximum Gasteiger partial charge on any atom is 0.387 e. The number of carbonyl (C=O) groups is 1. The molecular formula is C23H26F3N5O3S. The number of pyridine rings is 1. The largest absolute Gasteiger partial charge is 0.433 e. The molecule has 1 amide bonds. The maximum atomic E-state index is 15.1. The van der Waals surface area contributed by atoms with E-state index in [4.69, 9.17) is 5.73 Å². The van der Waals surface area contributed by atoms with Gasteiger partial charge in [-0.1, -0.05) is 0 Å². The van der Waals surface area contributed by atoms with Gasteiger partial charge in [0.15, 0.2) is 0 Å². The fourth-order valence-corrected chi connectivity index (χ4v) is 7.80. The number of aromatic nitrogens is 1. The summed E-state index contributed by atoms with van der Waals surface area (Å²) in [6, 6.07) is 5.27. The second-order valence-electron chi connectivity index (χ2n) is 9.22. The molecule has 4 rings (SSSR count). The van der Waals surface area contributed by atoms with Gasteiger partial charge in [-0.15, -0.1) is 0 Å². The average molecular weight is 510 g/mol. The number of nitrogens with one attached hydrogen (secondary N) is 1. The highest BCUT2D eigenvalue weighted by Crippen LogP contribution is 2.48. The van der Waals surface area contributed by atoms with Crippen LogP contribution in [0.1, 0.15) is 48.8 Å². The van der Waals surface area contributed by atoms with E-state index in [0.717, 1.165) is 6.20 Å². The molecule has 1 unspecified atom stereocenters. The number of ether oxygens (including phenoxy) is 1. The summed E-state index contributed by atoms with van der Waals surface area (Å²) in [7, 11) is -2.85. The summed E-state index contributed by atoms with van der Waals surface area (Å²) >= 11 is 0. The van der Waals surface area contributed by atoms with Crippen LogP contribution in [0.3, 0.4) is 0 Å². The number of rotatable bonds is 5. The number of halogens is 3. The molecule has 0 aliphatic carbocycles. The predicted octanol–water partition coefficient (Wildman–Crippen LogP) is 3.99. The number of benzene rings is 1. The van der Waals surface area contributed by atoms with Crippen molar-refractivity contribution in [2.24, 2.45) is 15.1 Å². The Labute approximate surface area is 201 Å². The number of carbonyl (C=O) groups excluding carboxylic acids is 1. The van der Waals surface area contributed by atoms with Crippen molar-refractivity contribution in [1.82, 2.24) is 4.98 Å². The Morgan fingerprint density at radius 3 is 2.66 bits per heavy atom. The minimum Gasteiger partial charge on any atom is -0.433 e. The van der Waals surface area contributed by atoms with Crippen LogP contribution in [0.2, 0.25) is 0 Å². The van der Waals surface area contributed by atoms with E-state index in [1.165, 1.54) is 31.2 Å². The van der Waals surface area contributed by atoms with E-state index in [-0.39, 0.29) is 28.5 Å². The molecular weight excluding hydrogens is 483 g/mol. The first-order chi connectivity index (χ1) is 16.3. The minimum absolute atomic E-state index is 0.0111. The molecule has 0 bridgehead atoms. The summed E-state index contributed by atoms with van der Waals surface area (Å²) in [6.07, 6.45) is 1.48. The standard InChI is InChI=1S/C23H26F3N5O3S/c1-12-9-14(34-21(25)26)11-28-18(12)19(32)30-13-5-6-16(24)15(10-13)23(4)17-7-8-29-35(17,33)22(2,3)20(27)31-23/h5-6,9-11,17,21H,7-8H2,1-4H3,(H2,27,31)(H,30,32)/t17-,23+,35?/m0/s1. The van der Waals surface area contributed by atoms with Crippen LogP contribution in [0.15, 0.2) is 39.8 Å². The molecule has 0 fully saturated rings. The molecule has 2 aliphatic heterocycles. The van der Waals surface area contributed by atoms with E-state index in [0.29, 0.717) is 18.5 Å². The molecule has 12 heteroatoms. The lowest BCUT2D eigenvalue weighted by atomic mass is 9.85. The average Bonchev–Trinajstić information content (AvgIpc) is 3.18. The third kappa shape index (κ3) is 4.03. The number of amidine groups is 1. The quantitative estimate of drug-likeness (QED) is 0.632. The Morgan fingerprint density at radius 2 is 2.00 bits per heavy atom. The highest BCUT2D eigenvalue weighted by molar-refractivity contribution is 7.96. The Hall–Kier alpha value is -3.15. The van der Waals surface area contributed by atoms with Gasteiger partial charge in [-0.3, -0.25) is 9.79 Å². The van der Waals surface area contributed by atoms with Gasteiger partial charge in [-0.2, -0.15) is 8.78 Å². The summed E-state index contributed by atoms with van der Waals surface area (Å²) in [5.41, 5.74) is 5.65. The number of nitrogens with two attached hydrogens (primary N) is 1. The summed E-state index contributed by atoms with van der Waals surface area (Å²) in [5.74, 6) is -1.25. The van der Waals surface area contributed by atoms with Gasteiger partial charge >= 0.3 is 6.61 Å². The van der Waals surface area contributed by atoms with Gasteiger partial charge in [-0.25, -0.2) is 17.9 Å². The summed E-state index contributed by atoms with van der Waals surface area (Å²) in [6.45, 7) is 4.01. The van der Waals surface area contributed by atoms with Crippen LogP contribution in [0.5, 0.6) is 5.75 Å². The molecule has 3 atom stereocenters. The number of hydrogen-bond acceptors (Lipinski definition) is 7. The van der Waals surface area contributed by atoms with Crippen molar-refractivity contribution in [1.29, 1.82) is 0 Å². The molecule has 0 saturated carbocycles. The Kier molecular flexibility index (Phi) is 6.06. The number of fused-ring (bicyclic) bond motifs is 1. The van der Waals surface area contributed by atoms with Crippen molar-refractivity contribution < 1.29 is 26.9 Å². The summed E-state index contributed by atoms with van der Waals surface area (Å²) in [5, 5.41) is 2.08. The van der Waals surface area contributed by atoms with Crippen LogP contribution >= 0.6 is 0 Å².